The predicted molar refractivity (Wildman–Crippen MR) is 116 cm³/mol. The monoisotopic (exact) mass is 450 g/mol. The van der Waals surface area contributed by atoms with E-state index in [9.17, 15) is 14.0 Å². The molecule has 1 amide bonds. The fourth-order valence-corrected chi connectivity index (χ4v) is 3.58. The summed E-state index contributed by atoms with van der Waals surface area (Å²) in [5.41, 5.74) is 1.90. The molecule has 4 aromatic rings. The minimum absolute atomic E-state index is 0.242. The van der Waals surface area contributed by atoms with Crippen LogP contribution in [-0.4, -0.2) is 10.5 Å². The standard InChI is InChI=1S/C23H16BrFN2O2/c24-16-9-10-19-20(23(29)26-18-8-4-7-17(25)12-18)13-22(28)27(21(19)11-16)14-15-5-2-1-3-6-15/h1-13H,14H2,(H,26,29). The largest absolute Gasteiger partial charge is 0.322 e. The second kappa shape index (κ2) is 8.01. The van der Waals surface area contributed by atoms with Crippen molar-refractivity contribution in [2.45, 2.75) is 6.54 Å². The third-order valence-electron chi connectivity index (χ3n) is 4.59. The number of carbonyl (C=O) groups excluding carboxylic acids is 1. The molecule has 0 fully saturated rings. The molecule has 29 heavy (non-hydrogen) atoms. The lowest BCUT2D eigenvalue weighted by Crippen LogP contribution is -2.24. The fourth-order valence-electron chi connectivity index (χ4n) is 3.24. The number of halogens is 2. The molecule has 0 saturated heterocycles. The van der Waals surface area contributed by atoms with Crippen molar-refractivity contribution in [3.8, 4) is 0 Å². The van der Waals surface area contributed by atoms with Crippen LogP contribution in [-0.2, 0) is 6.54 Å². The van der Waals surface area contributed by atoms with Gasteiger partial charge in [-0.1, -0.05) is 58.4 Å². The lowest BCUT2D eigenvalue weighted by Gasteiger charge is -2.14. The number of rotatable bonds is 4. The summed E-state index contributed by atoms with van der Waals surface area (Å²) in [6.07, 6.45) is 0. The fraction of sp³-hybridized carbons (Fsp3) is 0.0435. The molecule has 1 heterocycles. The van der Waals surface area contributed by atoms with Gasteiger partial charge in [-0.15, -0.1) is 0 Å². The zero-order chi connectivity index (χ0) is 20.4. The van der Waals surface area contributed by atoms with E-state index >= 15 is 0 Å². The molecule has 0 aliphatic carbocycles. The molecule has 3 aromatic carbocycles. The van der Waals surface area contributed by atoms with E-state index in [0.717, 1.165) is 10.0 Å². The van der Waals surface area contributed by atoms with Gasteiger partial charge in [-0.3, -0.25) is 9.59 Å². The summed E-state index contributed by atoms with van der Waals surface area (Å²) in [7, 11) is 0. The van der Waals surface area contributed by atoms with Crippen LogP contribution < -0.4 is 10.9 Å². The minimum Gasteiger partial charge on any atom is -0.322 e. The Morgan fingerprint density at radius 1 is 0.966 bits per heavy atom. The molecule has 0 spiro atoms. The first-order valence-electron chi connectivity index (χ1n) is 8.95. The van der Waals surface area contributed by atoms with Gasteiger partial charge in [0.1, 0.15) is 5.82 Å². The Morgan fingerprint density at radius 2 is 1.76 bits per heavy atom. The highest BCUT2D eigenvalue weighted by Crippen LogP contribution is 2.23. The van der Waals surface area contributed by atoms with Gasteiger partial charge in [0, 0.05) is 21.6 Å². The lowest BCUT2D eigenvalue weighted by molar-refractivity contribution is 0.102. The Labute approximate surface area is 174 Å². The van der Waals surface area contributed by atoms with Crippen molar-refractivity contribution in [2.24, 2.45) is 0 Å². The molecule has 1 N–H and O–H groups in total. The number of hydrogen-bond acceptors (Lipinski definition) is 2. The second-order valence-corrected chi connectivity index (χ2v) is 7.51. The van der Waals surface area contributed by atoms with E-state index in [0.29, 0.717) is 23.1 Å². The number of hydrogen-bond donors (Lipinski definition) is 1. The van der Waals surface area contributed by atoms with Crippen LogP contribution in [0.3, 0.4) is 0 Å². The van der Waals surface area contributed by atoms with Crippen molar-refractivity contribution in [2.75, 3.05) is 5.32 Å². The highest BCUT2D eigenvalue weighted by molar-refractivity contribution is 9.10. The van der Waals surface area contributed by atoms with Gasteiger partial charge < -0.3 is 9.88 Å². The minimum atomic E-state index is -0.466. The van der Waals surface area contributed by atoms with Gasteiger partial charge >= 0.3 is 0 Å². The summed E-state index contributed by atoms with van der Waals surface area (Å²) in [5, 5.41) is 3.30. The van der Waals surface area contributed by atoms with Crippen LogP contribution in [0.15, 0.2) is 88.1 Å². The zero-order valence-electron chi connectivity index (χ0n) is 15.2. The molecule has 0 bridgehead atoms. The maximum Gasteiger partial charge on any atom is 0.256 e. The van der Waals surface area contributed by atoms with Crippen molar-refractivity contribution in [1.29, 1.82) is 0 Å². The summed E-state index contributed by atoms with van der Waals surface area (Å²) < 4.78 is 15.9. The number of anilines is 1. The number of amides is 1. The quantitative estimate of drug-likeness (QED) is 0.464. The molecule has 4 rings (SSSR count). The first kappa shape index (κ1) is 19.1. The van der Waals surface area contributed by atoms with Gasteiger partial charge in [0.05, 0.1) is 17.6 Å². The van der Waals surface area contributed by atoms with Crippen LogP contribution in [0.25, 0.3) is 10.9 Å². The SMILES string of the molecule is O=C(Nc1cccc(F)c1)c1cc(=O)n(Cc2ccccc2)c2cc(Br)ccc12. The Hall–Kier alpha value is -3.25. The second-order valence-electron chi connectivity index (χ2n) is 6.59. The number of pyridine rings is 1. The number of fused-ring (bicyclic) bond motifs is 1. The van der Waals surface area contributed by atoms with Crippen LogP contribution in [0.5, 0.6) is 0 Å². The van der Waals surface area contributed by atoms with Crippen molar-refractivity contribution in [1.82, 2.24) is 4.57 Å². The molecular weight excluding hydrogens is 435 g/mol. The highest BCUT2D eigenvalue weighted by atomic mass is 79.9. The smallest absolute Gasteiger partial charge is 0.256 e. The van der Waals surface area contributed by atoms with E-state index in [1.165, 1.54) is 24.3 Å². The molecule has 144 valence electrons. The van der Waals surface area contributed by atoms with Gasteiger partial charge in [-0.05, 0) is 35.9 Å². The van der Waals surface area contributed by atoms with E-state index < -0.39 is 11.7 Å². The number of benzene rings is 3. The molecule has 0 aliphatic heterocycles. The van der Waals surface area contributed by atoms with Gasteiger partial charge in [0.2, 0.25) is 0 Å². The van der Waals surface area contributed by atoms with Crippen LogP contribution in [0.1, 0.15) is 15.9 Å². The van der Waals surface area contributed by atoms with Gasteiger partial charge in [0.25, 0.3) is 11.5 Å². The average molecular weight is 451 g/mol. The Kier molecular flexibility index (Phi) is 5.27. The van der Waals surface area contributed by atoms with E-state index in [4.69, 9.17) is 0 Å². The molecule has 1 aromatic heterocycles. The molecule has 0 aliphatic rings. The predicted octanol–water partition coefficient (Wildman–Crippen LogP) is 5.20. The van der Waals surface area contributed by atoms with Crippen LogP contribution in [0.4, 0.5) is 10.1 Å². The van der Waals surface area contributed by atoms with Gasteiger partial charge in [-0.25, -0.2) is 4.39 Å². The molecule has 0 unspecified atom stereocenters. The summed E-state index contributed by atoms with van der Waals surface area (Å²) >= 11 is 3.44. The van der Waals surface area contributed by atoms with Crippen molar-refractivity contribution < 1.29 is 9.18 Å². The maximum absolute atomic E-state index is 13.4. The Bertz CT molecular complexity index is 1270. The topological polar surface area (TPSA) is 51.1 Å². The van der Waals surface area contributed by atoms with E-state index in [2.05, 4.69) is 21.2 Å². The molecule has 4 nitrogen and oxygen atoms in total. The third-order valence-corrected chi connectivity index (χ3v) is 5.08. The van der Waals surface area contributed by atoms with Crippen molar-refractivity contribution >= 4 is 38.4 Å². The van der Waals surface area contributed by atoms with Gasteiger partial charge in [0.15, 0.2) is 0 Å². The number of nitrogens with zero attached hydrogens (tertiary/aromatic N) is 1. The zero-order valence-corrected chi connectivity index (χ0v) is 16.8. The van der Waals surface area contributed by atoms with Gasteiger partial charge in [-0.2, -0.15) is 0 Å². The number of aromatic nitrogens is 1. The van der Waals surface area contributed by atoms with E-state index in [1.54, 1.807) is 16.7 Å². The molecule has 0 radical (unpaired) electrons. The first-order valence-corrected chi connectivity index (χ1v) is 9.74. The molecule has 6 heteroatoms. The summed E-state index contributed by atoms with van der Waals surface area (Å²) in [6.45, 7) is 0.387. The Morgan fingerprint density at radius 3 is 2.52 bits per heavy atom. The summed E-state index contributed by atoms with van der Waals surface area (Å²) in [5.74, 6) is -0.915. The van der Waals surface area contributed by atoms with Crippen molar-refractivity contribution in [3.63, 3.8) is 0 Å². The third kappa shape index (κ3) is 4.12. The summed E-state index contributed by atoms with van der Waals surface area (Å²) in [4.78, 5) is 25.7. The average Bonchev–Trinajstić information content (AvgIpc) is 2.70. The highest BCUT2D eigenvalue weighted by Gasteiger charge is 2.16. The number of nitrogens with one attached hydrogen (secondary N) is 1. The maximum atomic E-state index is 13.4. The lowest BCUT2D eigenvalue weighted by atomic mass is 10.1. The summed E-state index contributed by atoms with van der Waals surface area (Å²) in [6, 6.07) is 22.0. The van der Waals surface area contributed by atoms with Crippen LogP contribution in [0.2, 0.25) is 0 Å². The van der Waals surface area contributed by atoms with E-state index in [-0.39, 0.29) is 11.1 Å². The molecule has 0 saturated carbocycles. The molecule has 0 atom stereocenters. The number of carbonyl (C=O) groups is 1. The van der Waals surface area contributed by atoms with Crippen LogP contribution >= 0.6 is 15.9 Å². The van der Waals surface area contributed by atoms with Crippen LogP contribution in [0, 0.1) is 5.82 Å². The Balaban J connectivity index is 1.81. The molecular formula is C23H16BrFN2O2. The first-order chi connectivity index (χ1) is 14.0. The van der Waals surface area contributed by atoms with E-state index in [1.807, 2.05) is 42.5 Å². The van der Waals surface area contributed by atoms with Crippen molar-refractivity contribution in [3.05, 3.63) is 111 Å². The normalized spacial score (nSPS) is 10.8.